The van der Waals surface area contributed by atoms with Gasteiger partial charge in [-0.1, -0.05) is 36.4 Å². The number of aromatic amines is 1. The first-order valence-corrected chi connectivity index (χ1v) is 14.2. The number of nitrogens with zero attached hydrogens (tertiary/aromatic N) is 3. The predicted molar refractivity (Wildman–Crippen MR) is 163 cm³/mol. The predicted octanol–water partition coefficient (Wildman–Crippen LogP) is 5.58. The van der Waals surface area contributed by atoms with Gasteiger partial charge in [-0.3, -0.25) is 9.59 Å². The molecule has 2 heterocycles. The quantitative estimate of drug-likeness (QED) is 0.213. The van der Waals surface area contributed by atoms with Crippen molar-refractivity contribution in [1.82, 2.24) is 9.88 Å². The van der Waals surface area contributed by atoms with E-state index in [0.717, 1.165) is 37.9 Å². The second kappa shape index (κ2) is 12.7. The van der Waals surface area contributed by atoms with Crippen molar-refractivity contribution in [2.45, 2.75) is 33.1 Å². The maximum absolute atomic E-state index is 12.9. The Balaban J connectivity index is 1.49. The lowest BCUT2D eigenvalue weighted by molar-refractivity contribution is -0.132. The van der Waals surface area contributed by atoms with E-state index in [-0.39, 0.29) is 30.8 Å². The van der Waals surface area contributed by atoms with Crippen LogP contribution in [0, 0.1) is 0 Å². The van der Waals surface area contributed by atoms with Gasteiger partial charge in [-0.15, -0.1) is 0 Å². The van der Waals surface area contributed by atoms with Gasteiger partial charge < -0.3 is 24.6 Å². The van der Waals surface area contributed by atoms with Crippen LogP contribution < -0.4 is 4.90 Å². The highest BCUT2D eigenvalue weighted by molar-refractivity contribution is 6.22. The molecule has 1 saturated heterocycles. The van der Waals surface area contributed by atoms with E-state index in [1.54, 1.807) is 49.4 Å². The number of hydrogen-bond acceptors (Lipinski definition) is 6. The third kappa shape index (κ3) is 6.20. The van der Waals surface area contributed by atoms with Gasteiger partial charge in [0.1, 0.15) is 6.54 Å². The molecular formula is C33H34N4O5. The molecule has 0 aliphatic carbocycles. The number of H-pyrrole nitrogens is 1. The van der Waals surface area contributed by atoms with E-state index in [9.17, 15) is 19.5 Å². The van der Waals surface area contributed by atoms with Crippen LogP contribution >= 0.6 is 0 Å². The van der Waals surface area contributed by atoms with Crippen molar-refractivity contribution < 1.29 is 24.2 Å². The van der Waals surface area contributed by atoms with Crippen molar-refractivity contribution in [2.24, 2.45) is 4.99 Å². The molecule has 9 heteroatoms. The van der Waals surface area contributed by atoms with Gasteiger partial charge in [-0.2, -0.15) is 0 Å². The Morgan fingerprint density at radius 3 is 2.33 bits per heavy atom. The summed E-state index contributed by atoms with van der Waals surface area (Å²) in [6.07, 6.45) is 3.10. The van der Waals surface area contributed by atoms with Crippen LogP contribution in [0.5, 0.6) is 5.88 Å². The molecule has 3 aromatic carbocycles. The number of aromatic hydroxyl groups is 1. The van der Waals surface area contributed by atoms with Gasteiger partial charge in [0.2, 0.25) is 11.8 Å². The molecule has 1 aliphatic heterocycles. The molecule has 4 aromatic rings. The highest BCUT2D eigenvalue weighted by Crippen LogP contribution is 2.32. The van der Waals surface area contributed by atoms with E-state index in [1.165, 1.54) is 11.8 Å². The first kappa shape index (κ1) is 28.6. The number of carbonyl (C=O) groups excluding carboxylic acids is 3. The van der Waals surface area contributed by atoms with Crippen LogP contribution in [0.15, 0.2) is 77.8 Å². The summed E-state index contributed by atoms with van der Waals surface area (Å²) < 4.78 is 5.12. The van der Waals surface area contributed by atoms with Gasteiger partial charge in [0.25, 0.3) is 0 Å². The Hall–Kier alpha value is -4.92. The van der Waals surface area contributed by atoms with Crippen molar-refractivity contribution in [3.63, 3.8) is 0 Å². The molecular weight excluding hydrogens is 532 g/mol. The number of likely N-dealkylation sites (tertiary alicyclic amines) is 1. The number of esters is 1. The summed E-state index contributed by atoms with van der Waals surface area (Å²) >= 11 is 0. The smallest absolute Gasteiger partial charge is 0.338 e. The lowest BCUT2D eigenvalue weighted by Gasteiger charge is -2.29. The molecule has 1 fully saturated rings. The van der Waals surface area contributed by atoms with Crippen molar-refractivity contribution in [1.29, 1.82) is 0 Å². The standard InChI is InChI=1S/C33H34N4O5/c1-3-42-33(41)24-12-17-27-28(20-24)35-32(40)30(27)31(23-10-6-4-7-11-23)34-25-13-15-26(16-14-25)37(22(2)38)21-29(39)36-18-8-5-9-19-36/h4,6-7,10-17,20,35,40H,3,5,8-9,18-19,21H2,1-2H3. The molecule has 0 bridgehead atoms. The van der Waals surface area contributed by atoms with Gasteiger partial charge in [-0.25, -0.2) is 9.79 Å². The number of fused-ring (bicyclic) bond motifs is 1. The van der Waals surface area contributed by atoms with E-state index < -0.39 is 5.97 Å². The lowest BCUT2D eigenvalue weighted by atomic mass is 10.00. The minimum atomic E-state index is -0.440. The number of ether oxygens (including phenoxy) is 1. The number of anilines is 1. The number of nitrogens with one attached hydrogen (secondary N) is 1. The topological polar surface area (TPSA) is 115 Å². The molecule has 0 atom stereocenters. The number of piperidine rings is 1. The fourth-order valence-corrected chi connectivity index (χ4v) is 5.22. The van der Waals surface area contributed by atoms with Crippen LogP contribution in [0.4, 0.5) is 11.4 Å². The summed E-state index contributed by atoms with van der Waals surface area (Å²) in [7, 11) is 0. The number of rotatable bonds is 8. The molecule has 0 saturated carbocycles. The van der Waals surface area contributed by atoms with Gasteiger partial charge >= 0.3 is 5.97 Å². The zero-order chi connectivity index (χ0) is 29.6. The Kier molecular flexibility index (Phi) is 8.66. The molecule has 42 heavy (non-hydrogen) atoms. The highest BCUT2D eigenvalue weighted by Gasteiger charge is 2.23. The molecule has 0 spiro atoms. The third-order valence-corrected chi connectivity index (χ3v) is 7.36. The molecule has 1 aliphatic rings. The van der Waals surface area contributed by atoms with Crippen molar-refractivity contribution in [3.05, 3.63) is 89.5 Å². The zero-order valence-electron chi connectivity index (χ0n) is 23.8. The zero-order valence-corrected chi connectivity index (χ0v) is 23.8. The van der Waals surface area contributed by atoms with Crippen LogP contribution in [0.2, 0.25) is 0 Å². The van der Waals surface area contributed by atoms with Crippen LogP contribution in [-0.4, -0.2) is 64.7 Å². The normalized spacial score (nSPS) is 13.7. The maximum Gasteiger partial charge on any atom is 0.338 e. The van der Waals surface area contributed by atoms with Crippen LogP contribution in [0.1, 0.15) is 54.6 Å². The van der Waals surface area contributed by atoms with Gasteiger partial charge in [0, 0.05) is 42.2 Å². The Bertz CT molecular complexity index is 1620. The van der Waals surface area contributed by atoms with E-state index >= 15 is 0 Å². The first-order valence-electron chi connectivity index (χ1n) is 14.2. The Morgan fingerprint density at radius 1 is 0.952 bits per heavy atom. The molecule has 9 nitrogen and oxygen atoms in total. The van der Waals surface area contributed by atoms with Crippen molar-refractivity contribution >= 4 is 45.8 Å². The van der Waals surface area contributed by atoms with E-state index in [2.05, 4.69) is 4.98 Å². The molecule has 0 unspecified atom stereocenters. The average molecular weight is 567 g/mol. The summed E-state index contributed by atoms with van der Waals surface area (Å²) in [5, 5.41) is 11.7. The third-order valence-electron chi connectivity index (χ3n) is 7.36. The highest BCUT2D eigenvalue weighted by atomic mass is 16.5. The number of hydrogen-bond donors (Lipinski definition) is 2. The van der Waals surface area contributed by atoms with Crippen molar-refractivity contribution in [3.8, 4) is 5.88 Å². The maximum atomic E-state index is 12.9. The first-order chi connectivity index (χ1) is 20.4. The monoisotopic (exact) mass is 566 g/mol. The lowest BCUT2D eigenvalue weighted by Crippen LogP contribution is -2.44. The van der Waals surface area contributed by atoms with Gasteiger partial charge in [-0.05, 0) is 62.6 Å². The second-order valence-electron chi connectivity index (χ2n) is 10.2. The fraction of sp³-hybridized carbons (Fsp3) is 0.273. The molecule has 5 rings (SSSR count). The van der Waals surface area contributed by atoms with E-state index in [1.807, 2.05) is 35.2 Å². The number of aromatic nitrogens is 1. The minimum Gasteiger partial charge on any atom is -0.494 e. The number of amides is 2. The summed E-state index contributed by atoms with van der Waals surface area (Å²) in [5.41, 5.74) is 3.95. The number of carbonyl (C=O) groups is 3. The number of benzene rings is 3. The van der Waals surface area contributed by atoms with E-state index in [0.29, 0.717) is 39.1 Å². The van der Waals surface area contributed by atoms with E-state index in [4.69, 9.17) is 9.73 Å². The molecule has 1 aromatic heterocycles. The van der Waals surface area contributed by atoms with Crippen molar-refractivity contribution in [2.75, 3.05) is 31.1 Å². The average Bonchev–Trinajstić information content (AvgIpc) is 3.34. The van der Waals surface area contributed by atoms with Crippen LogP contribution in [-0.2, 0) is 14.3 Å². The molecule has 2 amide bonds. The van der Waals surface area contributed by atoms with Crippen LogP contribution in [0.3, 0.4) is 0 Å². The summed E-state index contributed by atoms with van der Waals surface area (Å²) in [5.74, 6) is -0.791. The SMILES string of the molecule is CCOC(=O)c1ccc2c(C(=Nc3ccc(N(CC(=O)N4CCCCC4)C(C)=O)cc3)c3ccccc3)c(O)[nH]c2c1. The Labute approximate surface area is 244 Å². The summed E-state index contributed by atoms with van der Waals surface area (Å²) in [4.78, 5) is 48.8. The summed E-state index contributed by atoms with van der Waals surface area (Å²) in [6, 6.07) is 21.7. The fourth-order valence-electron chi connectivity index (χ4n) is 5.22. The van der Waals surface area contributed by atoms with Gasteiger partial charge in [0.05, 0.1) is 29.1 Å². The minimum absolute atomic E-state index is 0.00971. The summed E-state index contributed by atoms with van der Waals surface area (Å²) in [6.45, 7) is 4.91. The number of aliphatic imine (C=N–C) groups is 1. The molecule has 2 N–H and O–H groups in total. The van der Waals surface area contributed by atoms with Crippen LogP contribution in [0.25, 0.3) is 10.9 Å². The molecule has 216 valence electrons. The Morgan fingerprint density at radius 2 is 1.67 bits per heavy atom. The largest absolute Gasteiger partial charge is 0.494 e. The van der Waals surface area contributed by atoms with Gasteiger partial charge in [0.15, 0.2) is 5.88 Å². The second-order valence-corrected chi connectivity index (χ2v) is 10.2. The molecule has 0 radical (unpaired) electrons.